The molecule has 2 heterocycles. The molecule has 1 amide bonds. The molecule has 6 heteroatoms. The van der Waals surface area contributed by atoms with Gasteiger partial charge in [0.05, 0.1) is 0 Å². The second-order valence-corrected chi connectivity index (χ2v) is 6.03. The fourth-order valence-corrected chi connectivity index (χ4v) is 3.09. The Morgan fingerprint density at radius 1 is 1.36 bits per heavy atom. The molecule has 0 spiro atoms. The van der Waals surface area contributed by atoms with Gasteiger partial charge in [-0.15, -0.1) is 12.4 Å². The van der Waals surface area contributed by atoms with Crippen LogP contribution in [0, 0.1) is 6.92 Å². The van der Waals surface area contributed by atoms with E-state index in [9.17, 15) is 4.79 Å². The van der Waals surface area contributed by atoms with Crippen molar-refractivity contribution in [2.45, 2.75) is 25.8 Å². The average Bonchev–Trinajstić information content (AvgIpc) is 2.83. The van der Waals surface area contributed by atoms with Gasteiger partial charge in [-0.1, -0.05) is 11.6 Å². The number of hydrogen-bond donors (Lipinski definition) is 1. The third-order valence-electron chi connectivity index (χ3n) is 4.27. The fraction of sp³-hybridized carbons (Fsp3) is 0.438. The molecule has 1 fully saturated rings. The highest BCUT2D eigenvalue weighted by molar-refractivity contribution is 6.31. The number of rotatable bonds is 2. The number of nitrogens with one attached hydrogen (secondary N) is 1. The van der Waals surface area contributed by atoms with Crippen molar-refractivity contribution >= 4 is 40.9 Å². The molecule has 4 nitrogen and oxygen atoms in total. The summed E-state index contributed by atoms with van der Waals surface area (Å²) in [6.07, 6.45) is 1.96. The molecule has 0 unspecified atom stereocenters. The summed E-state index contributed by atoms with van der Waals surface area (Å²) in [7, 11) is 1.86. The Morgan fingerprint density at radius 3 is 2.73 bits per heavy atom. The molecule has 1 N–H and O–H groups in total. The van der Waals surface area contributed by atoms with Crippen molar-refractivity contribution in [3.8, 4) is 0 Å². The lowest BCUT2D eigenvalue weighted by Crippen LogP contribution is -2.44. The van der Waals surface area contributed by atoms with Crippen LogP contribution in [-0.2, 0) is 0 Å². The van der Waals surface area contributed by atoms with E-state index in [4.69, 9.17) is 16.0 Å². The number of carbonyl (C=O) groups is 1. The molecule has 0 saturated carbocycles. The summed E-state index contributed by atoms with van der Waals surface area (Å²) in [6, 6.07) is 5.70. The van der Waals surface area contributed by atoms with Crippen molar-refractivity contribution in [2.24, 2.45) is 0 Å². The van der Waals surface area contributed by atoms with Gasteiger partial charge in [-0.2, -0.15) is 0 Å². The molecular weight excluding hydrogens is 323 g/mol. The van der Waals surface area contributed by atoms with Gasteiger partial charge in [0.2, 0.25) is 0 Å². The summed E-state index contributed by atoms with van der Waals surface area (Å²) in [6.45, 7) is 3.82. The summed E-state index contributed by atoms with van der Waals surface area (Å²) >= 11 is 6.02. The Morgan fingerprint density at radius 2 is 2.05 bits per heavy atom. The first kappa shape index (κ1) is 17.1. The van der Waals surface area contributed by atoms with E-state index < -0.39 is 0 Å². The van der Waals surface area contributed by atoms with Crippen LogP contribution in [0.3, 0.4) is 0 Å². The normalized spacial score (nSPS) is 15.6. The minimum atomic E-state index is -0.0493. The van der Waals surface area contributed by atoms with E-state index in [-0.39, 0.29) is 24.4 Å². The van der Waals surface area contributed by atoms with E-state index in [1.807, 2.05) is 31.0 Å². The summed E-state index contributed by atoms with van der Waals surface area (Å²) in [4.78, 5) is 14.5. The van der Waals surface area contributed by atoms with Gasteiger partial charge in [-0.05, 0) is 51.1 Å². The molecule has 0 aliphatic carbocycles. The predicted molar refractivity (Wildman–Crippen MR) is 91.2 cm³/mol. The molecule has 1 aliphatic heterocycles. The summed E-state index contributed by atoms with van der Waals surface area (Å²) in [5.41, 5.74) is 1.57. The number of aryl methyl sites for hydroxylation is 1. The van der Waals surface area contributed by atoms with Gasteiger partial charge in [0.25, 0.3) is 5.91 Å². The maximum absolute atomic E-state index is 12.7. The first-order valence-electron chi connectivity index (χ1n) is 7.24. The van der Waals surface area contributed by atoms with Crippen LogP contribution in [0.5, 0.6) is 0 Å². The number of amides is 1. The molecule has 1 saturated heterocycles. The van der Waals surface area contributed by atoms with Crippen LogP contribution in [0.1, 0.15) is 29.0 Å². The van der Waals surface area contributed by atoms with Crippen LogP contribution >= 0.6 is 24.0 Å². The van der Waals surface area contributed by atoms with Crippen molar-refractivity contribution in [1.29, 1.82) is 0 Å². The number of benzene rings is 1. The lowest BCUT2D eigenvalue weighted by atomic mass is 10.0. The highest BCUT2D eigenvalue weighted by atomic mass is 35.5. The van der Waals surface area contributed by atoms with Gasteiger partial charge in [0.15, 0.2) is 5.76 Å². The topological polar surface area (TPSA) is 45.5 Å². The standard InChI is InChI=1S/C16H19ClN2O2.ClH/c1-10-13-9-11(17)3-4-14(13)21-15(10)16(20)19(2)12-5-7-18-8-6-12;/h3-4,9,12,18H,5-8H2,1-2H3;1H. The molecular formula is C16H20Cl2N2O2. The maximum Gasteiger partial charge on any atom is 0.289 e. The Kier molecular flexibility index (Phi) is 5.37. The molecule has 22 heavy (non-hydrogen) atoms. The molecule has 120 valence electrons. The molecule has 1 aromatic carbocycles. The molecule has 0 atom stereocenters. The lowest BCUT2D eigenvalue weighted by molar-refractivity contribution is 0.0672. The first-order valence-corrected chi connectivity index (χ1v) is 7.62. The second kappa shape index (κ2) is 6.90. The van der Waals surface area contributed by atoms with Crippen molar-refractivity contribution < 1.29 is 9.21 Å². The second-order valence-electron chi connectivity index (χ2n) is 5.59. The van der Waals surface area contributed by atoms with Crippen LogP contribution in [-0.4, -0.2) is 37.0 Å². The minimum Gasteiger partial charge on any atom is -0.451 e. The Bertz CT molecular complexity index is 678. The zero-order valence-corrected chi connectivity index (χ0v) is 14.3. The minimum absolute atomic E-state index is 0. The van der Waals surface area contributed by atoms with Gasteiger partial charge in [0, 0.05) is 29.1 Å². The van der Waals surface area contributed by atoms with Crippen LogP contribution < -0.4 is 5.32 Å². The van der Waals surface area contributed by atoms with Crippen LogP contribution in [0.15, 0.2) is 22.6 Å². The number of furan rings is 1. The Balaban J connectivity index is 0.00000176. The van der Waals surface area contributed by atoms with E-state index in [0.717, 1.165) is 36.9 Å². The zero-order valence-electron chi connectivity index (χ0n) is 12.7. The molecule has 3 rings (SSSR count). The van der Waals surface area contributed by atoms with Gasteiger partial charge >= 0.3 is 0 Å². The Labute approximate surface area is 141 Å². The highest BCUT2D eigenvalue weighted by Crippen LogP contribution is 2.29. The monoisotopic (exact) mass is 342 g/mol. The third kappa shape index (κ3) is 3.09. The van der Waals surface area contributed by atoms with Crippen LogP contribution in [0.4, 0.5) is 0 Å². The summed E-state index contributed by atoms with van der Waals surface area (Å²) in [5, 5.41) is 4.87. The number of nitrogens with zero attached hydrogens (tertiary/aromatic N) is 1. The van der Waals surface area contributed by atoms with Crippen LogP contribution in [0.25, 0.3) is 11.0 Å². The van der Waals surface area contributed by atoms with E-state index in [0.29, 0.717) is 16.4 Å². The predicted octanol–water partition coefficient (Wildman–Crippen LogP) is 3.64. The number of hydrogen-bond acceptors (Lipinski definition) is 3. The summed E-state index contributed by atoms with van der Waals surface area (Å²) < 4.78 is 5.76. The average molecular weight is 343 g/mol. The molecule has 1 aromatic heterocycles. The molecule has 0 bridgehead atoms. The van der Waals surface area contributed by atoms with Crippen molar-refractivity contribution in [2.75, 3.05) is 20.1 Å². The molecule has 2 aromatic rings. The third-order valence-corrected chi connectivity index (χ3v) is 4.50. The van der Waals surface area contributed by atoms with Crippen molar-refractivity contribution in [3.63, 3.8) is 0 Å². The van der Waals surface area contributed by atoms with Gasteiger partial charge in [0.1, 0.15) is 5.58 Å². The number of carbonyl (C=O) groups excluding carboxylic acids is 1. The lowest BCUT2D eigenvalue weighted by Gasteiger charge is -2.31. The zero-order chi connectivity index (χ0) is 15.0. The largest absolute Gasteiger partial charge is 0.451 e. The molecule has 1 aliphatic rings. The fourth-order valence-electron chi connectivity index (χ4n) is 2.92. The van der Waals surface area contributed by atoms with Crippen LogP contribution in [0.2, 0.25) is 5.02 Å². The molecule has 0 radical (unpaired) electrons. The van der Waals surface area contributed by atoms with Crippen molar-refractivity contribution in [1.82, 2.24) is 10.2 Å². The first-order chi connectivity index (χ1) is 10.1. The van der Waals surface area contributed by atoms with Gasteiger partial charge in [-0.25, -0.2) is 0 Å². The van der Waals surface area contributed by atoms with E-state index >= 15 is 0 Å². The van der Waals surface area contributed by atoms with Gasteiger partial charge in [-0.3, -0.25) is 4.79 Å². The van der Waals surface area contributed by atoms with Gasteiger partial charge < -0.3 is 14.6 Å². The number of halogens is 2. The SMILES string of the molecule is Cc1c(C(=O)N(C)C2CCNCC2)oc2ccc(Cl)cc12.Cl. The van der Waals surface area contributed by atoms with E-state index in [1.54, 1.807) is 6.07 Å². The van der Waals surface area contributed by atoms with Crippen molar-refractivity contribution in [3.05, 3.63) is 34.5 Å². The van der Waals surface area contributed by atoms with E-state index in [2.05, 4.69) is 5.32 Å². The summed E-state index contributed by atoms with van der Waals surface area (Å²) in [5.74, 6) is 0.375. The number of fused-ring (bicyclic) bond motifs is 1. The highest BCUT2D eigenvalue weighted by Gasteiger charge is 2.27. The number of piperidine rings is 1. The quantitative estimate of drug-likeness (QED) is 0.906. The smallest absolute Gasteiger partial charge is 0.289 e. The van der Waals surface area contributed by atoms with E-state index in [1.165, 1.54) is 0 Å². The maximum atomic E-state index is 12.7. The Hall–Kier alpha value is -1.23.